The average Bonchev–Trinajstić information content (AvgIpc) is 3.03. The number of unbranched alkanes of at least 4 members (excludes halogenated alkanes) is 3. The van der Waals surface area contributed by atoms with E-state index in [0.29, 0.717) is 19.1 Å². The third kappa shape index (κ3) is 6.00. The molecule has 1 aliphatic heterocycles. The molecule has 0 aromatic heterocycles. The standard InChI is InChI=1S/C12H24N2O3/c1-2-3-4-5-6-10-11(17-10)14-8-7-9(13)12(15)16/h9-11,14H,2-8,13H2,1H3,(H,15,16). The predicted molar refractivity (Wildman–Crippen MR) is 65.7 cm³/mol. The summed E-state index contributed by atoms with van der Waals surface area (Å²) in [6.45, 7) is 2.80. The second-order valence-electron chi connectivity index (χ2n) is 4.63. The van der Waals surface area contributed by atoms with E-state index in [2.05, 4.69) is 12.2 Å². The van der Waals surface area contributed by atoms with Crippen molar-refractivity contribution in [3.8, 4) is 0 Å². The largest absolute Gasteiger partial charge is 0.480 e. The van der Waals surface area contributed by atoms with Crippen LogP contribution in [0.4, 0.5) is 0 Å². The smallest absolute Gasteiger partial charge is 0.320 e. The van der Waals surface area contributed by atoms with Crippen LogP contribution in [0, 0.1) is 0 Å². The van der Waals surface area contributed by atoms with Gasteiger partial charge in [-0.2, -0.15) is 0 Å². The van der Waals surface area contributed by atoms with Crippen molar-refractivity contribution in [3.05, 3.63) is 0 Å². The van der Waals surface area contributed by atoms with Gasteiger partial charge in [-0.25, -0.2) is 0 Å². The number of nitrogens with one attached hydrogen (secondary N) is 1. The zero-order valence-electron chi connectivity index (χ0n) is 10.5. The van der Waals surface area contributed by atoms with Crippen LogP contribution in [-0.4, -0.2) is 36.0 Å². The van der Waals surface area contributed by atoms with Crippen LogP contribution in [0.5, 0.6) is 0 Å². The predicted octanol–water partition coefficient (Wildman–Crippen LogP) is 1.07. The fourth-order valence-electron chi connectivity index (χ4n) is 1.82. The van der Waals surface area contributed by atoms with Crippen LogP contribution in [0.15, 0.2) is 0 Å². The van der Waals surface area contributed by atoms with Crippen LogP contribution in [0.25, 0.3) is 0 Å². The number of ether oxygens (including phenoxy) is 1. The van der Waals surface area contributed by atoms with E-state index in [0.717, 1.165) is 6.42 Å². The van der Waals surface area contributed by atoms with Gasteiger partial charge in [0.05, 0.1) is 6.10 Å². The molecular weight excluding hydrogens is 220 g/mol. The minimum Gasteiger partial charge on any atom is -0.480 e. The third-order valence-electron chi connectivity index (χ3n) is 3.04. The third-order valence-corrected chi connectivity index (χ3v) is 3.04. The molecule has 0 saturated carbocycles. The molecule has 0 bridgehead atoms. The molecule has 17 heavy (non-hydrogen) atoms. The van der Waals surface area contributed by atoms with Crippen molar-refractivity contribution in [1.82, 2.24) is 5.32 Å². The number of hydrogen-bond acceptors (Lipinski definition) is 4. The topological polar surface area (TPSA) is 87.9 Å². The lowest BCUT2D eigenvalue weighted by Gasteiger charge is -2.05. The minimum atomic E-state index is -0.945. The molecule has 0 spiro atoms. The molecule has 3 atom stereocenters. The van der Waals surface area contributed by atoms with Gasteiger partial charge in [-0.15, -0.1) is 0 Å². The second kappa shape index (κ2) is 7.63. The van der Waals surface area contributed by atoms with Crippen LogP contribution >= 0.6 is 0 Å². The Labute approximate surface area is 103 Å². The van der Waals surface area contributed by atoms with Gasteiger partial charge in [-0.1, -0.05) is 32.6 Å². The molecule has 100 valence electrons. The number of epoxide rings is 1. The van der Waals surface area contributed by atoms with Crippen LogP contribution in [0.3, 0.4) is 0 Å². The van der Waals surface area contributed by atoms with Gasteiger partial charge in [0.2, 0.25) is 0 Å². The van der Waals surface area contributed by atoms with Crippen molar-refractivity contribution in [3.63, 3.8) is 0 Å². The number of aliphatic carboxylic acids is 1. The van der Waals surface area contributed by atoms with Crippen LogP contribution in [0.1, 0.15) is 45.4 Å². The highest BCUT2D eigenvalue weighted by molar-refractivity contribution is 5.72. The van der Waals surface area contributed by atoms with Gasteiger partial charge in [0.25, 0.3) is 0 Å². The summed E-state index contributed by atoms with van der Waals surface area (Å²) < 4.78 is 5.44. The number of hydrogen-bond donors (Lipinski definition) is 3. The zero-order chi connectivity index (χ0) is 12.7. The molecule has 4 N–H and O–H groups in total. The lowest BCUT2D eigenvalue weighted by Crippen LogP contribution is -2.34. The quantitative estimate of drug-likeness (QED) is 0.395. The second-order valence-corrected chi connectivity index (χ2v) is 4.63. The molecule has 1 heterocycles. The Morgan fingerprint density at radius 2 is 2.24 bits per heavy atom. The highest BCUT2D eigenvalue weighted by atomic mass is 16.6. The number of carbonyl (C=O) groups is 1. The van der Waals surface area contributed by atoms with E-state index in [4.69, 9.17) is 15.6 Å². The van der Waals surface area contributed by atoms with Crippen molar-refractivity contribution in [2.24, 2.45) is 5.73 Å². The summed E-state index contributed by atoms with van der Waals surface area (Å²) in [4.78, 5) is 10.5. The first-order valence-electron chi connectivity index (χ1n) is 6.52. The lowest BCUT2D eigenvalue weighted by molar-refractivity contribution is -0.138. The summed E-state index contributed by atoms with van der Waals surface area (Å²) in [5.41, 5.74) is 5.39. The number of nitrogens with two attached hydrogens (primary N) is 1. The Hall–Kier alpha value is -0.650. The summed E-state index contributed by atoms with van der Waals surface area (Å²) >= 11 is 0. The van der Waals surface area contributed by atoms with Gasteiger partial charge >= 0.3 is 5.97 Å². The molecule has 0 aromatic carbocycles. The fourth-order valence-corrected chi connectivity index (χ4v) is 1.82. The van der Waals surface area contributed by atoms with Gasteiger partial charge < -0.3 is 15.6 Å². The number of carboxylic acid groups (broad SMARTS) is 1. The Bertz CT molecular complexity index is 236. The minimum absolute atomic E-state index is 0.123. The monoisotopic (exact) mass is 244 g/mol. The molecule has 0 radical (unpaired) electrons. The van der Waals surface area contributed by atoms with Gasteiger partial charge in [-0.3, -0.25) is 10.1 Å². The SMILES string of the molecule is CCCCCCC1OC1NCCC(N)C(=O)O. The van der Waals surface area contributed by atoms with E-state index >= 15 is 0 Å². The maximum absolute atomic E-state index is 10.5. The summed E-state index contributed by atoms with van der Waals surface area (Å²) in [6, 6.07) is -0.774. The van der Waals surface area contributed by atoms with E-state index in [-0.39, 0.29) is 6.23 Å². The van der Waals surface area contributed by atoms with E-state index < -0.39 is 12.0 Å². The van der Waals surface area contributed by atoms with Crippen LogP contribution in [-0.2, 0) is 9.53 Å². The Kier molecular flexibility index (Phi) is 6.47. The highest BCUT2D eigenvalue weighted by Gasteiger charge is 2.37. The Morgan fingerprint density at radius 1 is 1.47 bits per heavy atom. The van der Waals surface area contributed by atoms with E-state index in [1.807, 2.05) is 0 Å². The molecule has 1 fully saturated rings. The van der Waals surface area contributed by atoms with E-state index in [1.165, 1.54) is 25.7 Å². The first-order valence-corrected chi connectivity index (χ1v) is 6.52. The molecule has 5 heteroatoms. The van der Waals surface area contributed by atoms with Crippen LogP contribution < -0.4 is 11.1 Å². The van der Waals surface area contributed by atoms with Crippen molar-refractivity contribution >= 4 is 5.97 Å². The van der Waals surface area contributed by atoms with Gasteiger partial charge in [0.1, 0.15) is 12.3 Å². The van der Waals surface area contributed by atoms with Crippen LogP contribution in [0.2, 0.25) is 0 Å². The molecule has 0 aliphatic carbocycles. The van der Waals surface area contributed by atoms with E-state index in [1.54, 1.807) is 0 Å². The molecule has 1 rings (SSSR count). The summed E-state index contributed by atoms with van der Waals surface area (Å²) in [7, 11) is 0. The Morgan fingerprint density at radius 3 is 2.88 bits per heavy atom. The number of rotatable bonds is 10. The summed E-state index contributed by atoms with van der Waals surface area (Å²) in [5, 5.41) is 11.8. The van der Waals surface area contributed by atoms with E-state index in [9.17, 15) is 4.79 Å². The molecule has 0 aromatic rings. The fraction of sp³-hybridized carbons (Fsp3) is 0.917. The summed E-state index contributed by atoms with van der Waals surface area (Å²) in [6.07, 6.45) is 7.02. The lowest BCUT2D eigenvalue weighted by atomic mass is 10.1. The first-order chi connectivity index (χ1) is 8.15. The maximum atomic E-state index is 10.5. The van der Waals surface area contributed by atoms with Gasteiger partial charge in [-0.05, 0) is 19.4 Å². The molecule has 3 unspecified atom stereocenters. The normalized spacial score (nSPS) is 24.6. The maximum Gasteiger partial charge on any atom is 0.320 e. The molecular formula is C12H24N2O3. The zero-order valence-corrected chi connectivity index (χ0v) is 10.5. The summed E-state index contributed by atoms with van der Waals surface area (Å²) in [5.74, 6) is -0.945. The van der Waals surface area contributed by atoms with Crippen molar-refractivity contribution < 1.29 is 14.6 Å². The van der Waals surface area contributed by atoms with Gasteiger partial charge in [0, 0.05) is 0 Å². The molecule has 0 amide bonds. The average molecular weight is 244 g/mol. The molecule has 5 nitrogen and oxygen atoms in total. The Balaban J connectivity index is 1.92. The highest BCUT2D eigenvalue weighted by Crippen LogP contribution is 2.25. The van der Waals surface area contributed by atoms with Crippen molar-refractivity contribution in [2.75, 3.05) is 6.54 Å². The number of carboxylic acids is 1. The van der Waals surface area contributed by atoms with Crippen molar-refractivity contribution in [2.45, 2.75) is 63.8 Å². The van der Waals surface area contributed by atoms with Gasteiger partial charge in [0.15, 0.2) is 0 Å². The molecule has 1 saturated heterocycles. The first kappa shape index (κ1) is 14.4. The molecule has 1 aliphatic rings. The van der Waals surface area contributed by atoms with Crippen molar-refractivity contribution in [1.29, 1.82) is 0 Å².